The van der Waals surface area contributed by atoms with Crippen LogP contribution in [0.1, 0.15) is 29.3 Å². The highest BCUT2D eigenvalue weighted by molar-refractivity contribution is 7.09. The van der Waals surface area contributed by atoms with E-state index in [0.29, 0.717) is 39.3 Å². The lowest BCUT2D eigenvalue weighted by Crippen LogP contribution is -2.44. The second-order valence-electron chi connectivity index (χ2n) is 8.03. The molecule has 0 saturated carbocycles. The van der Waals surface area contributed by atoms with Gasteiger partial charge in [-0.3, -0.25) is 4.79 Å². The van der Waals surface area contributed by atoms with Gasteiger partial charge >= 0.3 is 6.03 Å². The van der Waals surface area contributed by atoms with Gasteiger partial charge in [-0.1, -0.05) is 54.6 Å². The fourth-order valence-corrected chi connectivity index (χ4v) is 4.27. The Morgan fingerprint density at radius 2 is 1.71 bits per heavy atom. The van der Waals surface area contributed by atoms with Crippen LogP contribution in [0.5, 0.6) is 0 Å². The molecular weight excluding hydrogens is 446 g/mol. The minimum atomic E-state index is -0.282. The van der Waals surface area contributed by atoms with Crippen LogP contribution in [0.2, 0.25) is 0 Å². The van der Waals surface area contributed by atoms with E-state index in [1.807, 2.05) is 90.9 Å². The zero-order valence-corrected chi connectivity index (χ0v) is 20.7. The number of hydrogen-bond acceptors (Lipinski definition) is 4. The molecule has 3 rings (SSSR count). The van der Waals surface area contributed by atoms with Crippen LogP contribution in [0.15, 0.2) is 72.1 Å². The summed E-state index contributed by atoms with van der Waals surface area (Å²) in [6.07, 6.45) is 0.659. The Kier molecular flexibility index (Phi) is 10.1. The Bertz CT molecular complexity index is 1020. The van der Waals surface area contributed by atoms with Gasteiger partial charge in [0.2, 0.25) is 5.91 Å². The molecule has 0 fully saturated rings. The minimum Gasteiger partial charge on any atom is -0.382 e. The number of carbonyl (C=O) groups excluding carboxylic acids is 2. The molecule has 0 radical (unpaired) electrons. The first-order valence-corrected chi connectivity index (χ1v) is 12.5. The molecule has 0 saturated heterocycles. The predicted octanol–water partition coefficient (Wildman–Crippen LogP) is 5.55. The minimum absolute atomic E-state index is 0.00203. The van der Waals surface area contributed by atoms with Crippen molar-refractivity contribution in [3.8, 4) is 0 Å². The van der Waals surface area contributed by atoms with Crippen molar-refractivity contribution in [2.24, 2.45) is 0 Å². The molecule has 1 aromatic heterocycles. The van der Waals surface area contributed by atoms with Gasteiger partial charge in [-0.15, -0.1) is 11.3 Å². The molecule has 0 aliphatic carbocycles. The zero-order chi connectivity index (χ0) is 24.2. The standard InChI is InChI=1S/C27H33N3O3S/c1-3-33-17-10-16-29(27(32)28-25-15-8-7-11-22(25)2)21-26(31)30(20-24-14-9-18-34-24)19-23-12-5-4-6-13-23/h4-9,11-15,18H,3,10,16-17,19-21H2,1-2H3,(H,28,32). The number of hydrogen-bond donors (Lipinski definition) is 1. The van der Waals surface area contributed by atoms with Gasteiger partial charge in [0.1, 0.15) is 6.54 Å². The van der Waals surface area contributed by atoms with Crippen molar-refractivity contribution in [2.75, 3.05) is 31.6 Å². The van der Waals surface area contributed by atoms with E-state index < -0.39 is 0 Å². The molecule has 7 heteroatoms. The van der Waals surface area contributed by atoms with Gasteiger partial charge in [-0.05, 0) is 48.9 Å². The highest BCUT2D eigenvalue weighted by Gasteiger charge is 2.22. The van der Waals surface area contributed by atoms with E-state index in [1.165, 1.54) is 0 Å². The van der Waals surface area contributed by atoms with Crippen molar-refractivity contribution in [1.82, 2.24) is 9.80 Å². The van der Waals surface area contributed by atoms with Crippen LogP contribution >= 0.6 is 11.3 Å². The number of ether oxygens (including phenoxy) is 1. The molecule has 3 aromatic rings. The maximum Gasteiger partial charge on any atom is 0.322 e. The average molecular weight is 480 g/mol. The number of nitrogens with zero attached hydrogens (tertiary/aromatic N) is 2. The molecule has 34 heavy (non-hydrogen) atoms. The number of anilines is 1. The second kappa shape index (κ2) is 13.5. The monoisotopic (exact) mass is 479 g/mol. The van der Waals surface area contributed by atoms with Crippen molar-refractivity contribution >= 4 is 29.0 Å². The molecule has 0 atom stereocenters. The van der Waals surface area contributed by atoms with E-state index in [4.69, 9.17) is 4.74 Å². The summed E-state index contributed by atoms with van der Waals surface area (Å²) in [5, 5.41) is 4.98. The van der Waals surface area contributed by atoms with E-state index in [2.05, 4.69) is 5.32 Å². The molecule has 0 aliphatic rings. The molecule has 3 amide bonds. The lowest BCUT2D eigenvalue weighted by Gasteiger charge is -2.28. The zero-order valence-electron chi connectivity index (χ0n) is 19.9. The van der Waals surface area contributed by atoms with Crippen LogP contribution in [-0.2, 0) is 22.6 Å². The highest BCUT2D eigenvalue weighted by Crippen LogP contribution is 2.17. The maximum atomic E-state index is 13.5. The van der Waals surface area contributed by atoms with Crippen molar-refractivity contribution in [1.29, 1.82) is 0 Å². The summed E-state index contributed by atoms with van der Waals surface area (Å²) in [5.41, 5.74) is 2.77. The van der Waals surface area contributed by atoms with Crippen molar-refractivity contribution in [3.63, 3.8) is 0 Å². The van der Waals surface area contributed by atoms with Crippen LogP contribution in [0.3, 0.4) is 0 Å². The molecule has 6 nitrogen and oxygen atoms in total. The van der Waals surface area contributed by atoms with Crippen molar-refractivity contribution < 1.29 is 14.3 Å². The summed E-state index contributed by atoms with van der Waals surface area (Å²) in [6.45, 7) is 6.49. The topological polar surface area (TPSA) is 61.9 Å². The Balaban J connectivity index is 1.74. The number of thiophene rings is 1. The third kappa shape index (κ3) is 8.01. The molecule has 0 aliphatic heterocycles. The number of carbonyl (C=O) groups is 2. The quantitative estimate of drug-likeness (QED) is 0.347. The number of amides is 3. The number of urea groups is 1. The summed E-state index contributed by atoms with van der Waals surface area (Å²) in [5.74, 6) is -0.0893. The van der Waals surface area contributed by atoms with E-state index in [9.17, 15) is 9.59 Å². The fourth-order valence-electron chi connectivity index (χ4n) is 3.55. The summed E-state index contributed by atoms with van der Waals surface area (Å²) in [6, 6.07) is 21.3. The first kappa shape index (κ1) is 25.5. The normalized spacial score (nSPS) is 10.6. The molecule has 2 aromatic carbocycles. The van der Waals surface area contributed by atoms with Gasteiger partial charge in [-0.25, -0.2) is 4.79 Å². The molecule has 180 valence electrons. The van der Waals surface area contributed by atoms with E-state index in [0.717, 1.165) is 21.7 Å². The highest BCUT2D eigenvalue weighted by atomic mass is 32.1. The van der Waals surface area contributed by atoms with Gasteiger partial charge < -0.3 is 19.9 Å². The Morgan fingerprint density at radius 3 is 2.41 bits per heavy atom. The first-order valence-electron chi connectivity index (χ1n) is 11.6. The van der Waals surface area contributed by atoms with Crippen LogP contribution in [0.4, 0.5) is 10.5 Å². The van der Waals surface area contributed by atoms with Crippen LogP contribution in [0.25, 0.3) is 0 Å². The molecule has 0 spiro atoms. The Hall–Kier alpha value is -3.16. The summed E-state index contributed by atoms with van der Waals surface area (Å²) < 4.78 is 5.45. The van der Waals surface area contributed by atoms with Crippen LogP contribution in [0, 0.1) is 6.92 Å². The van der Waals surface area contributed by atoms with E-state index in [-0.39, 0.29) is 18.5 Å². The maximum absolute atomic E-state index is 13.5. The average Bonchev–Trinajstić information content (AvgIpc) is 3.36. The molecule has 0 bridgehead atoms. The predicted molar refractivity (Wildman–Crippen MR) is 138 cm³/mol. The molecule has 1 heterocycles. The molecule has 0 unspecified atom stereocenters. The fraction of sp³-hybridized carbons (Fsp3) is 0.333. The van der Waals surface area contributed by atoms with Gasteiger partial charge in [0.25, 0.3) is 0 Å². The first-order chi connectivity index (χ1) is 16.6. The van der Waals surface area contributed by atoms with E-state index in [1.54, 1.807) is 16.2 Å². The van der Waals surface area contributed by atoms with Gasteiger partial charge in [0.15, 0.2) is 0 Å². The van der Waals surface area contributed by atoms with Crippen LogP contribution < -0.4 is 5.32 Å². The lowest BCUT2D eigenvalue weighted by molar-refractivity contribution is -0.133. The van der Waals surface area contributed by atoms with Gasteiger partial charge in [0.05, 0.1) is 6.54 Å². The van der Waals surface area contributed by atoms with Crippen molar-refractivity contribution in [2.45, 2.75) is 33.4 Å². The number of benzene rings is 2. The molecular formula is C27H33N3O3S. The van der Waals surface area contributed by atoms with Crippen LogP contribution in [-0.4, -0.2) is 48.0 Å². The Labute approximate surface area is 206 Å². The third-order valence-corrected chi connectivity index (χ3v) is 6.28. The summed E-state index contributed by atoms with van der Waals surface area (Å²) >= 11 is 1.62. The number of aryl methyl sites for hydroxylation is 1. The van der Waals surface area contributed by atoms with Crippen molar-refractivity contribution in [3.05, 3.63) is 88.1 Å². The summed E-state index contributed by atoms with van der Waals surface area (Å²) in [7, 11) is 0. The third-order valence-electron chi connectivity index (χ3n) is 5.42. The second-order valence-corrected chi connectivity index (χ2v) is 9.06. The summed E-state index contributed by atoms with van der Waals surface area (Å²) in [4.78, 5) is 31.2. The largest absolute Gasteiger partial charge is 0.382 e. The lowest BCUT2D eigenvalue weighted by atomic mass is 10.2. The smallest absolute Gasteiger partial charge is 0.322 e. The SMILES string of the molecule is CCOCCCN(CC(=O)N(Cc1ccccc1)Cc1cccs1)C(=O)Nc1ccccc1C. The van der Waals surface area contributed by atoms with E-state index >= 15 is 0 Å². The number of para-hydroxylation sites is 1. The molecule has 1 N–H and O–H groups in total. The Morgan fingerprint density at radius 1 is 0.941 bits per heavy atom. The number of nitrogens with one attached hydrogen (secondary N) is 1. The van der Waals surface area contributed by atoms with Gasteiger partial charge in [-0.2, -0.15) is 0 Å². The number of rotatable bonds is 12. The van der Waals surface area contributed by atoms with Gasteiger partial charge in [0, 0.05) is 36.9 Å².